The van der Waals surface area contributed by atoms with Gasteiger partial charge in [-0.05, 0) is 30.2 Å². The van der Waals surface area contributed by atoms with Crippen LogP contribution in [0, 0.1) is 11.6 Å². The van der Waals surface area contributed by atoms with Gasteiger partial charge in [0.05, 0.1) is 26.2 Å². The van der Waals surface area contributed by atoms with E-state index in [1.54, 1.807) is 4.90 Å². The fourth-order valence-corrected chi connectivity index (χ4v) is 3.43. The second-order valence-electron chi connectivity index (χ2n) is 6.94. The van der Waals surface area contributed by atoms with Crippen LogP contribution in [0.1, 0.15) is 22.8 Å². The SMILES string of the molecule is CCc1ccccc1NC(=O)C[NH+]1CCN(C(=O)c2cc(F)cc(F)c2)CC1. The zero-order valence-electron chi connectivity index (χ0n) is 15.8. The van der Waals surface area contributed by atoms with E-state index in [-0.39, 0.29) is 11.5 Å². The molecule has 0 saturated carbocycles. The number of hydrogen-bond donors (Lipinski definition) is 2. The van der Waals surface area contributed by atoms with Crippen molar-refractivity contribution in [2.75, 3.05) is 38.0 Å². The number of anilines is 1. The number of rotatable bonds is 5. The van der Waals surface area contributed by atoms with E-state index in [0.717, 1.165) is 40.8 Å². The summed E-state index contributed by atoms with van der Waals surface area (Å²) in [7, 11) is 0. The van der Waals surface area contributed by atoms with Crippen LogP contribution in [0.3, 0.4) is 0 Å². The first-order valence-electron chi connectivity index (χ1n) is 9.43. The number of piperazine rings is 1. The molecule has 1 aliphatic rings. The second-order valence-corrected chi connectivity index (χ2v) is 6.94. The maximum Gasteiger partial charge on any atom is 0.279 e. The molecule has 2 N–H and O–H groups in total. The Hall–Kier alpha value is -2.80. The number of aryl methyl sites for hydroxylation is 1. The molecule has 5 nitrogen and oxygen atoms in total. The molecule has 148 valence electrons. The molecule has 1 fully saturated rings. The maximum atomic E-state index is 13.3. The van der Waals surface area contributed by atoms with E-state index in [2.05, 4.69) is 5.32 Å². The molecule has 0 spiro atoms. The molecule has 2 aromatic carbocycles. The quantitative estimate of drug-likeness (QED) is 0.816. The summed E-state index contributed by atoms with van der Waals surface area (Å²) in [4.78, 5) is 27.5. The average Bonchev–Trinajstić information content (AvgIpc) is 2.67. The third-order valence-corrected chi connectivity index (χ3v) is 4.95. The lowest BCUT2D eigenvalue weighted by atomic mass is 10.1. The van der Waals surface area contributed by atoms with Gasteiger partial charge >= 0.3 is 0 Å². The zero-order chi connectivity index (χ0) is 20.1. The number of hydrogen-bond acceptors (Lipinski definition) is 2. The molecule has 1 heterocycles. The Morgan fingerprint density at radius 1 is 1.07 bits per heavy atom. The van der Waals surface area contributed by atoms with Gasteiger partial charge in [-0.15, -0.1) is 0 Å². The Bertz CT molecular complexity index is 844. The highest BCUT2D eigenvalue weighted by atomic mass is 19.1. The average molecular weight is 388 g/mol. The molecule has 0 aromatic heterocycles. The summed E-state index contributed by atoms with van der Waals surface area (Å²) in [5, 5.41) is 2.96. The molecule has 0 aliphatic carbocycles. The van der Waals surface area contributed by atoms with Gasteiger partial charge in [0.1, 0.15) is 11.6 Å². The Labute approximate surface area is 162 Å². The molecule has 3 rings (SSSR count). The molecular weight excluding hydrogens is 364 g/mol. The van der Waals surface area contributed by atoms with Crippen LogP contribution >= 0.6 is 0 Å². The molecule has 1 saturated heterocycles. The molecule has 1 aliphatic heterocycles. The molecule has 0 atom stereocenters. The van der Waals surface area contributed by atoms with E-state index in [0.29, 0.717) is 32.7 Å². The van der Waals surface area contributed by atoms with Gasteiger partial charge in [0, 0.05) is 17.3 Å². The van der Waals surface area contributed by atoms with Crippen LogP contribution in [0.5, 0.6) is 0 Å². The van der Waals surface area contributed by atoms with Gasteiger partial charge in [-0.2, -0.15) is 0 Å². The van der Waals surface area contributed by atoms with Crippen LogP contribution in [0.25, 0.3) is 0 Å². The molecule has 0 unspecified atom stereocenters. The number of benzene rings is 2. The van der Waals surface area contributed by atoms with Crippen molar-refractivity contribution < 1.29 is 23.3 Å². The Balaban J connectivity index is 1.52. The fraction of sp³-hybridized carbons (Fsp3) is 0.333. The van der Waals surface area contributed by atoms with Gasteiger partial charge in [-0.1, -0.05) is 25.1 Å². The van der Waals surface area contributed by atoms with Gasteiger partial charge in [0.25, 0.3) is 11.8 Å². The smallest absolute Gasteiger partial charge is 0.279 e. The molecule has 0 radical (unpaired) electrons. The number of amides is 2. The Morgan fingerprint density at radius 2 is 1.71 bits per heavy atom. The number of para-hydroxylation sites is 1. The third-order valence-electron chi connectivity index (χ3n) is 4.95. The fourth-order valence-electron chi connectivity index (χ4n) is 3.43. The summed E-state index contributed by atoms with van der Waals surface area (Å²) in [6, 6.07) is 10.5. The minimum absolute atomic E-state index is 0.00913. The standard InChI is InChI=1S/C21H23F2N3O2/c1-2-15-5-3-4-6-19(15)24-20(27)14-25-7-9-26(10-8-25)21(28)16-11-17(22)13-18(23)12-16/h3-6,11-13H,2,7-10,14H2,1H3,(H,24,27)/p+1. The molecule has 2 amide bonds. The normalized spacial score (nSPS) is 14.8. The van der Waals surface area contributed by atoms with Gasteiger partial charge in [0.15, 0.2) is 6.54 Å². The first-order valence-corrected chi connectivity index (χ1v) is 9.43. The van der Waals surface area contributed by atoms with E-state index < -0.39 is 17.5 Å². The van der Waals surface area contributed by atoms with E-state index in [4.69, 9.17) is 0 Å². The summed E-state index contributed by atoms with van der Waals surface area (Å²) in [6.45, 7) is 4.43. The molecule has 2 aromatic rings. The summed E-state index contributed by atoms with van der Waals surface area (Å²) >= 11 is 0. The van der Waals surface area contributed by atoms with Crippen molar-refractivity contribution in [3.8, 4) is 0 Å². The van der Waals surface area contributed by atoms with Crippen LogP contribution in [0.15, 0.2) is 42.5 Å². The maximum absolute atomic E-state index is 13.3. The number of quaternary nitrogens is 1. The van der Waals surface area contributed by atoms with Crippen molar-refractivity contribution in [2.24, 2.45) is 0 Å². The van der Waals surface area contributed by atoms with Gasteiger partial charge in [-0.25, -0.2) is 8.78 Å². The van der Waals surface area contributed by atoms with Gasteiger partial charge in [0.2, 0.25) is 0 Å². The van der Waals surface area contributed by atoms with Crippen molar-refractivity contribution in [3.05, 3.63) is 65.2 Å². The number of carbonyl (C=O) groups is 2. The summed E-state index contributed by atoms with van der Waals surface area (Å²) in [5.41, 5.74) is 1.93. The first-order chi connectivity index (χ1) is 13.5. The predicted molar refractivity (Wildman–Crippen MR) is 102 cm³/mol. The minimum Gasteiger partial charge on any atom is -0.327 e. The molecular formula is C21H24F2N3O2+. The van der Waals surface area contributed by atoms with E-state index >= 15 is 0 Å². The van der Waals surface area contributed by atoms with E-state index in [1.807, 2.05) is 31.2 Å². The lowest BCUT2D eigenvalue weighted by Crippen LogP contribution is -3.15. The van der Waals surface area contributed by atoms with Crippen molar-refractivity contribution in [2.45, 2.75) is 13.3 Å². The van der Waals surface area contributed by atoms with Gasteiger partial charge < -0.3 is 15.1 Å². The van der Waals surface area contributed by atoms with E-state index in [9.17, 15) is 18.4 Å². The predicted octanol–water partition coefficient (Wildman–Crippen LogP) is 1.51. The number of halogens is 2. The van der Waals surface area contributed by atoms with Crippen LogP contribution < -0.4 is 10.2 Å². The Morgan fingerprint density at radius 3 is 2.36 bits per heavy atom. The lowest BCUT2D eigenvalue weighted by Gasteiger charge is -2.32. The van der Waals surface area contributed by atoms with Crippen LogP contribution in [0.2, 0.25) is 0 Å². The highest BCUT2D eigenvalue weighted by molar-refractivity contribution is 5.94. The first kappa shape index (κ1) is 19.9. The van der Waals surface area contributed by atoms with Crippen LogP contribution in [-0.2, 0) is 11.2 Å². The number of carbonyl (C=O) groups excluding carboxylic acids is 2. The molecule has 28 heavy (non-hydrogen) atoms. The molecule has 0 bridgehead atoms. The van der Waals surface area contributed by atoms with Crippen LogP contribution in [0.4, 0.5) is 14.5 Å². The zero-order valence-corrected chi connectivity index (χ0v) is 15.8. The number of nitrogens with zero attached hydrogens (tertiary/aromatic N) is 1. The molecule has 7 heteroatoms. The number of nitrogens with one attached hydrogen (secondary N) is 2. The summed E-state index contributed by atoms with van der Waals surface area (Å²) in [6.07, 6.45) is 0.838. The second kappa shape index (κ2) is 8.93. The third kappa shape index (κ3) is 4.92. The highest BCUT2D eigenvalue weighted by Crippen LogP contribution is 2.15. The minimum atomic E-state index is -0.767. The van der Waals surface area contributed by atoms with Crippen molar-refractivity contribution in [3.63, 3.8) is 0 Å². The van der Waals surface area contributed by atoms with Crippen molar-refractivity contribution in [1.29, 1.82) is 0 Å². The summed E-state index contributed by atoms with van der Waals surface area (Å²) < 4.78 is 26.7. The Kier molecular flexibility index (Phi) is 6.36. The van der Waals surface area contributed by atoms with Crippen molar-refractivity contribution >= 4 is 17.5 Å². The monoisotopic (exact) mass is 388 g/mol. The van der Waals surface area contributed by atoms with E-state index in [1.165, 1.54) is 0 Å². The largest absolute Gasteiger partial charge is 0.327 e. The van der Waals surface area contributed by atoms with Crippen molar-refractivity contribution in [1.82, 2.24) is 4.90 Å². The van der Waals surface area contributed by atoms with Gasteiger partial charge in [-0.3, -0.25) is 9.59 Å². The topological polar surface area (TPSA) is 53.9 Å². The lowest BCUT2D eigenvalue weighted by molar-refractivity contribution is -0.895. The summed E-state index contributed by atoms with van der Waals surface area (Å²) in [5.74, 6) is -1.99. The highest BCUT2D eigenvalue weighted by Gasteiger charge is 2.26. The van der Waals surface area contributed by atoms with Crippen LogP contribution in [-0.4, -0.2) is 49.4 Å².